The standard InChI is InChI=1S/C26H30ClN3O5S2/c1-17-6-3-4-14-30(17)37(32,33)20-10-8-18(9-11-20)25(31)29(16-19-7-5-15-35-19)26-28-23-22(34-2)13-12-21(27)24(23)36-26/h8-13,17,19H,3-7,14-16H2,1-2H3. The highest BCUT2D eigenvalue weighted by molar-refractivity contribution is 7.89. The molecule has 5 rings (SSSR count). The summed E-state index contributed by atoms with van der Waals surface area (Å²) in [4.78, 5) is 20.3. The first-order valence-corrected chi connectivity index (χ1v) is 15.1. The Morgan fingerprint density at radius 1 is 1.19 bits per heavy atom. The fourth-order valence-corrected chi connectivity index (χ4v) is 7.91. The molecule has 37 heavy (non-hydrogen) atoms. The van der Waals surface area contributed by atoms with Crippen LogP contribution in [0.25, 0.3) is 10.2 Å². The van der Waals surface area contributed by atoms with Crippen LogP contribution in [0.4, 0.5) is 5.13 Å². The van der Waals surface area contributed by atoms with Crippen LogP contribution in [0.3, 0.4) is 0 Å². The van der Waals surface area contributed by atoms with Crippen molar-refractivity contribution >= 4 is 54.2 Å². The van der Waals surface area contributed by atoms with E-state index < -0.39 is 10.0 Å². The number of fused-ring (bicyclic) bond motifs is 1. The van der Waals surface area contributed by atoms with Crippen molar-refractivity contribution in [2.45, 2.75) is 56.1 Å². The van der Waals surface area contributed by atoms with Crippen LogP contribution < -0.4 is 9.64 Å². The summed E-state index contributed by atoms with van der Waals surface area (Å²) >= 11 is 7.75. The van der Waals surface area contributed by atoms with E-state index in [1.165, 1.54) is 23.5 Å². The van der Waals surface area contributed by atoms with Gasteiger partial charge in [0.05, 0.1) is 34.4 Å². The maximum Gasteiger partial charge on any atom is 0.260 e. The predicted octanol–water partition coefficient (Wildman–Crippen LogP) is 5.35. The Hall–Kier alpha value is -2.24. The van der Waals surface area contributed by atoms with E-state index in [1.54, 1.807) is 40.6 Å². The summed E-state index contributed by atoms with van der Waals surface area (Å²) in [6, 6.07) is 9.66. The molecule has 3 aromatic rings. The molecule has 0 bridgehead atoms. The first kappa shape index (κ1) is 26.4. The molecule has 0 radical (unpaired) electrons. The molecule has 0 spiro atoms. The topological polar surface area (TPSA) is 89.0 Å². The molecule has 0 N–H and O–H groups in total. The molecular weight excluding hydrogens is 534 g/mol. The van der Waals surface area contributed by atoms with Crippen LogP contribution in [-0.4, -0.2) is 62.6 Å². The first-order valence-electron chi connectivity index (χ1n) is 12.5. The number of piperidine rings is 1. The van der Waals surface area contributed by atoms with E-state index >= 15 is 0 Å². The Morgan fingerprint density at radius 3 is 2.65 bits per heavy atom. The molecule has 2 fully saturated rings. The van der Waals surface area contributed by atoms with Crippen LogP contribution in [0.2, 0.25) is 5.02 Å². The van der Waals surface area contributed by atoms with Crippen molar-refractivity contribution in [3.63, 3.8) is 0 Å². The average molecular weight is 564 g/mol. The quantitative estimate of drug-likeness (QED) is 0.385. The molecule has 198 valence electrons. The van der Waals surface area contributed by atoms with Gasteiger partial charge in [-0.3, -0.25) is 9.69 Å². The number of rotatable bonds is 7. The molecule has 2 aromatic carbocycles. The number of hydrogen-bond acceptors (Lipinski definition) is 7. The van der Waals surface area contributed by atoms with E-state index in [9.17, 15) is 13.2 Å². The normalized spacial score (nSPS) is 20.8. The number of amides is 1. The zero-order valence-corrected chi connectivity index (χ0v) is 23.2. The van der Waals surface area contributed by atoms with E-state index in [2.05, 4.69) is 0 Å². The second kappa shape index (κ2) is 10.9. The highest BCUT2D eigenvalue weighted by atomic mass is 35.5. The lowest BCUT2D eigenvalue weighted by Gasteiger charge is -2.32. The summed E-state index contributed by atoms with van der Waals surface area (Å²) in [5, 5.41) is 1.02. The lowest BCUT2D eigenvalue weighted by Crippen LogP contribution is -2.42. The van der Waals surface area contributed by atoms with Gasteiger partial charge in [-0.05, 0) is 69.0 Å². The zero-order valence-electron chi connectivity index (χ0n) is 20.9. The molecule has 1 aromatic heterocycles. The molecule has 2 unspecified atom stereocenters. The van der Waals surface area contributed by atoms with Crippen molar-refractivity contribution in [2.24, 2.45) is 0 Å². The molecule has 2 aliphatic rings. The summed E-state index contributed by atoms with van der Waals surface area (Å²) in [5.41, 5.74) is 0.971. The third-order valence-electron chi connectivity index (χ3n) is 7.00. The number of carbonyl (C=O) groups excluding carboxylic acids is 1. The van der Waals surface area contributed by atoms with Gasteiger partial charge in [-0.25, -0.2) is 13.4 Å². The van der Waals surface area contributed by atoms with Gasteiger partial charge in [-0.15, -0.1) is 0 Å². The van der Waals surface area contributed by atoms with Crippen LogP contribution in [0.15, 0.2) is 41.3 Å². The molecular formula is C26H30ClN3O5S2. The van der Waals surface area contributed by atoms with Crippen molar-refractivity contribution in [3.8, 4) is 5.75 Å². The SMILES string of the molecule is COc1ccc(Cl)c2sc(N(CC3CCCO3)C(=O)c3ccc(S(=O)(=O)N4CCCCC4C)cc3)nc12. The molecule has 1 amide bonds. The molecule has 11 heteroatoms. The molecule has 3 heterocycles. The lowest BCUT2D eigenvalue weighted by molar-refractivity contribution is 0.0917. The molecule has 2 atom stereocenters. The monoisotopic (exact) mass is 563 g/mol. The maximum atomic E-state index is 13.8. The number of ether oxygens (including phenoxy) is 2. The highest BCUT2D eigenvalue weighted by Gasteiger charge is 2.32. The Labute approximate surface area is 226 Å². The summed E-state index contributed by atoms with van der Waals surface area (Å²) < 4.78 is 40.0. The summed E-state index contributed by atoms with van der Waals surface area (Å²) in [7, 11) is -2.06. The minimum absolute atomic E-state index is 0.0372. The maximum absolute atomic E-state index is 13.8. The van der Waals surface area contributed by atoms with Crippen molar-refractivity contribution in [1.82, 2.24) is 9.29 Å². The number of anilines is 1. The summed E-state index contributed by atoms with van der Waals surface area (Å²) in [6.45, 7) is 3.46. The first-order chi connectivity index (χ1) is 17.8. The van der Waals surface area contributed by atoms with Crippen molar-refractivity contribution in [2.75, 3.05) is 31.7 Å². The van der Waals surface area contributed by atoms with Crippen LogP contribution in [0, 0.1) is 0 Å². The van der Waals surface area contributed by atoms with Gasteiger partial charge in [-0.2, -0.15) is 4.31 Å². The molecule has 0 aliphatic carbocycles. The van der Waals surface area contributed by atoms with Crippen molar-refractivity contribution in [1.29, 1.82) is 0 Å². The van der Waals surface area contributed by atoms with E-state index in [0.29, 0.717) is 46.7 Å². The lowest BCUT2D eigenvalue weighted by atomic mass is 10.1. The van der Waals surface area contributed by atoms with Gasteiger partial charge >= 0.3 is 0 Å². The number of benzene rings is 2. The number of carbonyl (C=O) groups is 1. The fraction of sp³-hybridized carbons (Fsp3) is 0.462. The average Bonchev–Trinajstić information content (AvgIpc) is 3.58. The minimum atomic E-state index is -3.62. The van der Waals surface area contributed by atoms with E-state index in [4.69, 9.17) is 26.1 Å². The number of nitrogens with zero attached hydrogens (tertiary/aromatic N) is 3. The highest BCUT2D eigenvalue weighted by Crippen LogP contribution is 2.39. The van der Waals surface area contributed by atoms with Crippen LogP contribution in [0.5, 0.6) is 5.75 Å². The Morgan fingerprint density at radius 2 is 1.97 bits per heavy atom. The van der Waals surface area contributed by atoms with Gasteiger partial charge in [0, 0.05) is 24.8 Å². The third-order valence-corrected chi connectivity index (χ3v) is 10.6. The molecule has 0 saturated carbocycles. The summed E-state index contributed by atoms with van der Waals surface area (Å²) in [6.07, 6.45) is 4.43. The molecule has 2 aliphatic heterocycles. The Bertz CT molecular complexity index is 1390. The van der Waals surface area contributed by atoms with Crippen LogP contribution in [-0.2, 0) is 14.8 Å². The predicted molar refractivity (Wildman–Crippen MR) is 145 cm³/mol. The number of sulfonamides is 1. The summed E-state index contributed by atoms with van der Waals surface area (Å²) in [5.74, 6) is 0.299. The second-order valence-corrected chi connectivity index (χ2v) is 12.7. The van der Waals surface area contributed by atoms with Gasteiger partial charge in [0.2, 0.25) is 10.0 Å². The van der Waals surface area contributed by atoms with E-state index in [1.807, 2.05) is 6.92 Å². The van der Waals surface area contributed by atoms with Gasteiger partial charge in [0.25, 0.3) is 5.91 Å². The van der Waals surface area contributed by atoms with Gasteiger partial charge in [0.1, 0.15) is 11.3 Å². The largest absolute Gasteiger partial charge is 0.494 e. The number of hydrogen-bond donors (Lipinski definition) is 0. The van der Waals surface area contributed by atoms with Gasteiger partial charge in [-0.1, -0.05) is 29.4 Å². The van der Waals surface area contributed by atoms with Crippen LogP contribution >= 0.6 is 22.9 Å². The van der Waals surface area contributed by atoms with Gasteiger partial charge < -0.3 is 9.47 Å². The number of methoxy groups -OCH3 is 1. The zero-order chi connectivity index (χ0) is 26.2. The Kier molecular flexibility index (Phi) is 7.74. The number of aromatic nitrogens is 1. The smallest absolute Gasteiger partial charge is 0.260 e. The second-order valence-electron chi connectivity index (χ2n) is 9.46. The van der Waals surface area contributed by atoms with Gasteiger partial charge in [0.15, 0.2) is 5.13 Å². The van der Waals surface area contributed by atoms with E-state index in [-0.39, 0.29) is 22.9 Å². The van der Waals surface area contributed by atoms with Crippen molar-refractivity contribution < 1.29 is 22.7 Å². The fourth-order valence-electron chi connectivity index (χ4n) is 4.95. The minimum Gasteiger partial charge on any atom is -0.494 e. The third kappa shape index (κ3) is 5.22. The number of halogens is 1. The molecule has 2 saturated heterocycles. The number of thiazole rings is 1. The Balaban J connectivity index is 1.47. The van der Waals surface area contributed by atoms with E-state index in [0.717, 1.165) is 36.8 Å². The van der Waals surface area contributed by atoms with Crippen LogP contribution in [0.1, 0.15) is 49.4 Å². The molecule has 8 nitrogen and oxygen atoms in total. The van der Waals surface area contributed by atoms with Crippen molar-refractivity contribution in [3.05, 3.63) is 47.0 Å².